The molecule has 0 saturated carbocycles. The van der Waals surface area contributed by atoms with Gasteiger partial charge in [-0.15, -0.1) is 11.3 Å². The summed E-state index contributed by atoms with van der Waals surface area (Å²) in [4.78, 5) is 26.8. The van der Waals surface area contributed by atoms with Crippen LogP contribution in [0.1, 0.15) is 28.0 Å². The van der Waals surface area contributed by atoms with Gasteiger partial charge in [0.1, 0.15) is 5.82 Å². The Hall–Kier alpha value is -3.49. The summed E-state index contributed by atoms with van der Waals surface area (Å²) in [6.45, 7) is 0.813. The van der Waals surface area contributed by atoms with Gasteiger partial charge in [0, 0.05) is 24.2 Å². The van der Waals surface area contributed by atoms with Crippen molar-refractivity contribution in [1.29, 1.82) is 0 Å². The van der Waals surface area contributed by atoms with Gasteiger partial charge in [0.15, 0.2) is 0 Å². The molecule has 0 unspecified atom stereocenters. The van der Waals surface area contributed by atoms with Crippen molar-refractivity contribution in [1.82, 2.24) is 4.90 Å². The summed E-state index contributed by atoms with van der Waals surface area (Å²) in [6, 6.07) is 14.1. The molecule has 0 saturated heterocycles. The van der Waals surface area contributed by atoms with Crippen molar-refractivity contribution >= 4 is 45.9 Å². The lowest BCUT2D eigenvalue weighted by molar-refractivity contribution is -0.137. The lowest BCUT2D eigenvalue weighted by Crippen LogP contribution is -2.11. The Bertz CT molecular complexity index is 1230. The van der Waals surface area contributed by atoms with Gasteiger partial charge in [-0.25, -0.2) is 4.39 Å². The standard InChI is InChI=1S/C25H24FN3O3S/c1-29(2)13-15-3-7-18(8-4-15)27-24(21-11-16(14-33-21)5-10-22(30)31)23-19-9-6-17(26)12-20(19)28-25(23)32/h3-4,6-9,11-12,14,27H,5,10,13H2,1-2H3,(H,28,32)(H,30,31). The summed E-state index contributed by atoms with van der Waals surface area (Å²) in [5, 5.41) is 17.0. The fourth-order valence-electron chi connectivity index (χ4n) is 3.73. The maximum atomic E-state index is 13.7. The summed E-state index contributed by atoms with van der Waals surface area (Å²) in [5.74, 6) is -1.60. The number of aliphatic carboxylic acids is 1. The van der Waals surface area contributed by atoms with Crippen LogP contribution in [0.15, 0.2) is 53.9 Å². The molecule has 1 aliphatic heterocycles. The first-order valence-corrected chi connectivity index (χ1v) is 11.3. The molecule has 0 aliphatic carbocycles. The van der Waals surface area contributed by atoms with Crippen LogP contribution in [0.4, 0.5) is 15.8 Å². The molecule has 3 aromatic rings. The largest absolute Gasteiger partial charge is 0.481 e. The second kappa shape index (κ2) is 9.56. The molecule has 6 nitrogen and oxygen atoms in total. The van der Waals surface area contributed by atoms with E-state index < -0.39 is 11.8 Å². The fourth-order valence-corrected chi connectivity index (χ4v) is 4.69. The lowest BCUT2D eigenvalue weighted by atomic mass is 10.0. The summed E-state index contributed by atoms with van der Waals surface area (Å²) < 4.78 is 13.7. The molecule has 170 valence electrons. The number of thiophene rings is 1. The molecule has 0 spiro atoms. The molecule has 1 amide bonds. The van der Waals surface area contributed by atoms with Gasteiger partial charge in [-0.1, -0.05) is 12.1 Å². The average molecular weight is 466 g/mol. The van der Waals surface area contributed by atoms with Crippen molar-refractivity contribution in [2.75, 3.05) is 24.7 Å². The Balaban J connectivity index is 1.75. The summed E-state index contributed by atoms with van der Waals surface area (Å²) in [5.41, 5.74) is 4.93. The van der Waals surface area contributed by atoms with Gasteiger partial charge in [0.25, 0.3) is 5.91 Å². The topological polar surface area (TPSA) is 81.7 Å². The van der Waals surface area contributed by atoms with Gasteiger partial charge in [-0.3, -0.25) is 9.59 Å². The second-order valence-corrected chi connectivity index (χ2v) is 9.08. The number of benzene rings is 2. The number of aryl methyl sites for hydroxylation is 1. The van der Waals surface area contributed by atoms with Crippen molar-refractivity contribution < 1.29 is 19.1 Å². The lowest BCUT2D eigenvalue weighted by Gasteiger charge is -2.14. The molecule has 0 fully saturated rings. The Kier molecular flexibility index (Phi) is 6.57. The number of nitrogens with zero attached hydrogens (tertiary/aromatic N) is 1. The van der Waals surface area contributed by atoms with Crippen LogP contribution in [-0.4, -0.2) is 36.0 Å². The number of halogens is 1. The highest BCUT2D eigenvalue weighted by Crippen LogP contribution is 2.39. The minimum atomic E-state index is -0.858. The van der Waals surface area contributed by atoms with Crippen LogP contribution in [0.3, 0.4) is 0 Å². The van der Waals surface area contributed by atoms with E-state index in [4.69, 9.17) is 5.11 Å². The number of anilines is 2. The molecule has 0 bridgehead atoms. The SMILES string of the molecule is CN(C)Cc1ccc(NC(=C2C(=O)Nc3cc(F)ccc32)c2cc(CCC(=O)O)cs2)cc1. The highest BCUT2D eigenvalue weighted by molar-refractivity contribution is 7.11. The van der Waals surface area contributed by atoms with E-state index in [0.717, 1.165) is 28.2 Å². The van der Waals surface area contributed by atoms with Gasteiger partial charge in [-0.2, -0.15) is 0 Å². The molecule has 3 N–H and O–H groups in total. The third-order valence-electron chi connectivity index (χ3n) is 5.23. The van der Waals surface area contributed by atoms with E-state index in [1.54, 1.807) is 6.07 Å². The molecule has 2 aromatic carbocycles. The zero-order valence-electron chi connectivity index (χ0n) is 18.3. The minimum absolute atomic E-state index is 0.0332. The van der Waals surface area contributed by atoms with Gasteiger partial charge >= 0.3 is 5.97 Å². The number of amides is 1. The summed E-state index contributed by atoms with van der Waals surface area (Å²) >= 11 is 1.43. The van der Waals surface area contributed by atoms with Crippen molar-refractivity contribution in [3.63, 3.8) is 0 Å². The number of fused-ring (bicyclic) bond motifs is 1. The number of carboxylic acids is 1. The zero-order valence-corrected chi connectivity index (χ0v) is 19.1. The van der Waals surface area contributed by atoms with E-state index >= 15 is 0 Å². The molecule has 1 aromatic heterocycles. The molecule has 2 heterocycles. The number of carboxylic acid groups (broad SMARTS) is 1. The van der Waals surface area contributed by atoms with Crippen molar-refractivity contribution in [3.8, 4) is 0 Å². The Morgan fingerprint density at radius 2 is 1.88 bits per heavy atom. The second-order valence-electron chi connectivity index (χ2n) is 8.17. The van der Waals surface area contributed by atoms with Crippen LogP contribution >= 0.6 is 11.3 Å². The molecular formula is C25H24FN3O3S. The molecule has 8 heteroatoms. The van der Waals surface area contributed by atoms with Crippen LogP contribution < -0.4 is 10.6 Å². The molecular weight excluding hydrogens is 441 g/mol. The number of nitrogens with one attached hydrogen (secondary N) is 2. The number of hydrogen-bond acceptors (Lipinski definition) is 5. The molecule has 4 rings (SSSR count). The van der Waals surface area contributed by atoms with Crippen LogP contribution in [0.5, 0.6) is 0 Å². The third kappa shape index (κ3) is 5.30. The van der Waals surface area contributed by atoms with E-state index in [-0.39, 0.29) is 12.3 Å². The number of hydrogen-bond donors (Lipinski definition) is 3. The highest BCUT2D eigenvalue weighted by Gasteiger charge is 2.29. The third-order valence-corrected chi connectivity index (χ3v) is 6.22. The Morgan fingerprint density at radius 3 is 2.58 bits per heavy atom. The van der Waals surface area contributed by atoms with Crippen molar-refractivity contribution in [2.24, 2.45) is 0 Å². The monoisotopic (exact) mass is 465 g/mol. The molecule has 0 atom stereocenters. The molecule has 33 heavy (non-hydrogen) atoms. The quantitative estimate of drug-likeness (QED) is 0.413. The predicted molar refractivity (Wildman–Crippen MR) is 130 cm³/mol. The smallest absolute Gasteiger partial charge is 0.303 e. The van der Waals surface area contributed by atoms with Crippen LogP contribution in [-0.2, 0) is 22.6 Å². The van der Waals surface area contributed by atoms with Crippen molar-refractivity contribution in [2.45, 2.75) is 19.4 Å². The molecule has 0 radical (unpaired) electrons. The first-order chi connectivity index (χ1) is 15.8. The van der Waals surface area contributed by atoms with E-state index in [2.05, 4.69) is 15.5 Å². The van der Waals surface area contributed by atoms with E-state index in [1.165, 1.54) is 23.5 Å². The Morgan fingerprint density at radius 1 is 1.12 bits per heavy atom. The van der Waals surface area contributed by atoms with Crippen LogP contribution in [0, 0.1) is 5.82 Å². The first kappa shape index (κ1) is 22.7. The molecule has 1 aliphatic rings. The van der Waals surface area contributed by atoms with Gasteiger partial charge in [0.05, 0.1) is 21.8 Å². The normalized spacial score (nSPS) is 14.2. The van der Waals surface area contributed by atoms with Gasteiger partial charge in [-0.05, 0) is 73.4 Å². The van der Waals surface area contributed by atoms with Crippen LogP contribution in [0.25, 0.3) is 11.3 Å². The van der Waals surface area contributed by atoms with E-state index in [1.807, 2.05) is 49.8 Å². The van der Waals surface area contributed by atoms with Crippen molar-refractivity contribution in [3.05, 3.63) is 81.3 Å². The fraction of sp³-hybridized carbons (Fsp3) is 0.200. The summed E-state index contributed by atoms with van der Waals surface area (Å²) in [6.07, 6.45) is 0.438. The average Bonchev–Trinajstić information content (AvgIpc) is 3.35. The van der Waals surface area contributed by atoms with Gasteiger partial charge in [0.2, 0.25) is 0 Å². The van der Waals surface area contributed by atoms with Crippen LogP contribution in [0.2, 0.25) is 0 Å². The number of rotatable bonds is 8. The highest BCUT2D eigenvalue weighted by atomic mass is 32.1. The van der Waals surface area contributed by atoms with E-state index in [9.17, 15) is 14.0 Å². The zero-order chi connectivity index (χ0) is 23.5. The maximum absolute atomic E-state index is 13.7. The Labute approximate surface area is 195 Å². The predicted octanol–water partition coefficient (Wildman–Crippen LogP) is 4.90. The number of carbonyl (C=O) groups excluding carboxylic acids is 1. The minimum Gasteiger partial charge on any atom is -0.481 e. The first-order valence-electron chi connectivity index (χ1n) is 10.5. The summed E-state index contributed by atoms with van der Waals surface area (Å²) in [7, 11) is 4.01. The number of carbonyl (C=O) groups is 2. The van der Waals surface area contributed by atoms with Gasteiger partial charge < -0.3 is 20.6 Å². The van der Waals surface area contributed by atoms with E-state index in [0.29, 0.717) is 28.9 Å². The maximum Gasteiger partial charge on any atom is 0.303 e.